The fraction of sp³-hybridized carbons (Fsp3) is 0.259. The molecule has 176 valence electrons. The molecule has 0 heterocycles. The first-order chi connectivity index (χ1) is 16.1. The monoisotopic (exact) mass is 466 g/mol. The zero-order valence-corrected chi connectivity index (χ0v) is 18.9. The van der Waals surface area contributed by atoms with Gasteiger partial charge in [-0.15, -0.1) is 0 Å². The van der Waals surface area contributed by atoms with Gasteiger partial charge in [-0.25, -0.2) is 0 Å². The summed E-state index contributed by atoms with van der Waals surface area (Å²) in [6.07, 6.45) is -2.21. The molecule has 0 aliphatic heterocycles. The van der Waals surface area contributed by atoms with Gasteiger partial charge in [0.1, 0.15) is 6.04 Å². The highest BCUT2D eigenvalue weighted by molar-refractivity contribution is 6.03. The van der Waals surface area contributed by atoms with Crippen LogP contribution in [0.3, 0.4) is 0 Å². The third-order valence-corrected chi connectivity index (χ3v) is 5.95. The summed E-state index contributed by atoms with van der Waals surface area (Å²) in [7, 11) is 3.25. The van der Waals surface area contributed by atoms with Gasteiger partial charge in [0.15, 0.2) is 0 Å². The fourth-order valence-corrected chi connectivity index (χ4v) is 3.94. The van der Waals surface area contributed by atoms with Crippen LogP contribution in [0.1, 0.15) is 51.8 Å². The molecule has 2 amide bonds. The average molecular weight is 467 g/mol. The minimum Gasteiger partial charge on any atom is -0.347 e. The summed E-state index contributed by atoms with van der Waals surface area (Å²) in [5.74, 6) is -0.257. The standard InChI is InChI=1S/C27H25F3N2O2/c1-32(2)26(34)24(20-7-5-6-19(16-20)17-10-11-17)31-25(33)23-9-4-3-8-22(23)18-12-14-21(15-13-18)27(28,29)30/h3-9,12-17,24H,10-11H2,1-2H3,(H,31,33)/t24-/m0/s1. The summed E-state index contributed by atoms with van der Waals surface area (Å²) < 4.78 is 38.9. The van der Waals surface area contributed by atoms with Crippen LogP contribution in [0.4, 0.5) is 13.2 Å². The van der Waals surface area contributed by atoms with E-state index >= 15 is 0 Å². The molecule has 7 heteroatoms. The maximum atomic E-state index is 13.3. The molecule has 3 aromatic carbocycles. The molecule has 0 bridgehead atoms. The Bertz CT molecular complexity index is 1200. The van der Waals surface area contributed by atoms with Crippen LogP contribution in [0.15, 0.2) is 72.8 Å². The highest BCUT2D eigenvalue weighted by atomic mass is 19.4. The van der Waals surface area contributed by atoms with Gasteiger partial charge in [0, 0.05) is 19.7 Å². The quantitative estimate of drug-likeness (QED) is 0.499. The van der Waals surface area contributed by atoms with Crippen molar-refractivity contribution < 1.29 is 22.8 Å². The number of hydrogen-bond acceptors (Lipinski definition) is 2. The molecule has 0 spiro atoms. The zero-order chi connectivity index (χ0) is 24.5. The van der Waals surface area contributed by atoms with E-state index in [0.717, 1.165) is 30.5 Å². The van der Waals surface area contributed by atoms with E-state index in [1.807, 2.05) is 24.3 Å². The number of benzene rings is 3. The van der Waals surface area contributed by atoms with E-state index in [-0.39, 0.29) is 11.5 Å². The number of rotatable bonds is 6. The zero-order valence-electron chi connectivity index (χ0n) is 18.9. The van der Waals surface area contributed by atoms with Crippen molar-refractivity contribution in [2.45, 2.75) is 31.0 Å². The van der Waals surface area contributed by atoms with Crippen molar-refractivity contribution in [3.05, 3.63) is 95.1 Å². The Hall–Kier alpha value is -3.61. The molecule has 3 aromatic rings. The minimum absolute atomic E-state index is 0.270. The SMILES string of the molecule is CN(C)C(=O)[C@@H](NC(=O)c1ccccc1-c1ccc(C(F)(F)F)cc1)c1cccc(C2CC2)c1. The van der Waals surface area contributed by atoms with Crippen LogP contribution in [0.25, 0.3) is 11.1 Å². The second-order valence-electron chi connectivity index (χ2n) is 8.70. The second kappa shape index (κ2) is 9.33. The smallest absolute Gasteiger partial charge is 0.347 e. The molecule has 1 fully saturated rings. The number of nitrogens with zero attached hydrogens (tertiary/aromatic N) is 1. The maximum absolute atomic E-state index is 13.3. The van der Waals surface area contributed by atoms with Crippen molar-refractivity contribution >= 4 is 11.8 Å². The van der Waals surface area contributed by atoms with Gasteiger partial charge < -0.3 is 10.2 Å². The Morgan fingerprint density at radius 3 is 2.24 bits per heavy atom. The summed E-state index contributed by atoms with van der Waals surface area (Å²) in [5, 5.41) is 2.85. The van der Waals surface area contributed by atoms with Crippen molar-refractivity contribution in [3.63, 3.8) is 0 Å². The first kappa shape index (κ1) is 23.5. The first-order valence-electron chi connectivity index (χ1n) is 11.0. The van der Waals surface area contributed by atoms with E-state index in [1.54, 1.807) is 38.4 Å². The second-order valence-corrected chi connectivity index (χ2v) is 8.70. The lowest BCUT2D eigenvalue weighted by Gasteiger charge is -2.23. The molecule has 1 saturated carbocycles. The van der Waals surface area contributed by atoms with Gasteiger partial charge in [-0.3, -0.25) is 9.59 Å². The lowest BCUT2D eigenvalue weighted by molar-refractivity contribution is -0.137. The van der Waals surface area contributed by atoms with Gasteiger partial charge in [-0.1, -0.05) is 54.6 Å². The van der Waals surface area contributed by atoms with E-state index < -0.39 is 23.7 Å². The van der Waals surface area contributed by atoms with Crippen molar-refractivity contribution in [2.75, 3.05) is 14.1 Å². The molecule has 34 heavy (non-hydrogen) atoms. The van der Waals surface area contributed by atoms with Crippen molar-refractivity contribution in [3.8, 4) is 11.1 Å². The molecular weight excluding hydrogens is 441 g/mol. The Morgan fingerprint density at radius 1 is 0.941 bits per heavy atom. The molecule has 0 unspecified atom stereocenters. The number of alkyl halides is 3. The summed E-state index contributed by atoms with van der Waals surface area (Å²) >= 11 is 0. The lowest BCUT2D eigenvalue weighted by atomic mass is 9.96. The molecule has 1 atom stereocenters. The molecule has 1 aliphatic carbocycles. The number of carbonyl (C=O) groups excluding carboxylic acids is 2. The predicted molar refractivity (Wildman–Crippen MR) is 124 cm³/mol. The fourth-order valence-electron chi connectivity index (χ4n) is 3.94. The molecule has 0 aromatic heterocycles. The molecule has 1 aliphatic rings. The van der Waals surface area contributed by atoms with Crippen LogP contribution in [0, 0.1) is 0 Å². The normalized spacial score (nSPS) is 14.4. The van der Waals surface area contributed by atoms with Gasteiger partial charge in [-0.05, 0) is 59.2 Å². The van der Waals surface area contributed by atoms with Crippen LogP contribution in [0.5, 0.6) is 0 Å². The number of halogens is 3. The van der Waals surface area contributed by atoms with E-state index in [0.29, 0.717) is 22.6 Å². The third-order valence-electron chi connectivity index (χ3n) is 5.95. The highest BCUT2D eigenvalue weighted by Crippen LogP contribution is 2.40. The van der Waals surface area contributed by atoms with Gasteiger partial charge in [0.05, 0.1) is 5.56 Å². The van der Waals surface area contributed by atoms with Gasteiger partial charge in [0.25, 0.3) is 5.91 Å². The topological polar surface area (TPSA) is 49.4 Å². The largest absolute Gasteiger partial charge is 0.416 e. The van der Waals surface area contributed by atoms with E-state index in [9.17, 15) is 22.8 Å². The average Bonchev–Trinajstić information content (AvgIpc) is 3.67. The number of amides is 2. The molecule has 4 nitrogen and oxygen atoms in total. The van der Waals surface area contributed by atoms with Crippen LogP contribution in [-0.4, -0.2) is 30.8 Å². The summed E-state index contributed by atoms with van der Waals surface area (Å²) in [6.45, 7) is 0. The number of nitrogens with one attached hydrogen (secondary N) is 1. The maximum Gasteiger partial charge on any atom is 0.416 e. The van der Waals surface area contributed by atoms with Crippen LogP contribution >= 0.6 is 0 Å². The number of hydrogen-bond donors (Lipinski definition) is 1. The predicted octanol–water partition coefficient (Wildman–Crippen LogP) is 5.81. The number of carbonyl (C=O) groups is 2. The van der Waals surface area contributed by atoms with Gasteiger partial charge in [0.2, 0.25) is 5.91 Å². The van der Waals surface area contributed by atoms with E-state index in [1.165, 1.54) is 17.0 Å². The van der Waals surface area contributed by atoms with Crippen molar-refractivity contribution in [2.24, 2.45) is 0 Å². The molecule has 1 N–H and O–H groups in total. The Morgan fingerprint density at radius 2 is 1.62 bits per heavy atom. The highest BCUT2D eigenvalue weighted by Gasteiger charge is 2.31. The van der Waals surface area contributed by atoms with Crippen molar-refractivity contribution in [1.82, 2.24) is 10.2 Å². The van der Waals surface area contributed by atoms with E-state index in [4.69, 9.17) is 0 Å². The van der Waals surface area contributed by atoms with Crippen molar-refractivity contribution in [1.29, 1.82) is 0 Å². The molecule has 4 rings (SSSR count). The molecule has 0 saturated heterocycles. The third kappa shape index (κ3) is 5.14. The van der Waals surface area contributed by atoms with Gasteiger partial charge in [-0.2, -0.15) is 13.2 Å². The van der Waals surface area contributed by atoms with E-state index in [2.05, 4.69) is 5.32 Å². The summed E-state index contributed by atoms with van der Waals surface area (Å²) in [5.41, 5.74) is 2.32. The van der Waals surface area contributed by atoms with Crippen LogP contribution in [0.2, 0.25) is 0 Å². The molecular formula is C27H25F3N2O2. The Labute approximate surface area is 196 Å². The van der Waals surface area contributed by atoms with Gasteiger partial charge >= 0.3 is 6.18 Å². The lowest BCUT2D eigenvalue weighted by Crippen LogP contribution is -2.40. The number of likely N-dealkylation sites (N-methyl/N-ethyl adjacent to an activating group) is 1. The first-order valence-corrected chi connectivity index (χ1v) is 11.0. The molecule has 0 radical (unpaired) electrons. The Kier molecular flexibility index (Phi) is 6.46. The van der Waals surface area contributed by atoms with Crippen LogP contribution < -0.4 is 5.32 Å². The minimum atomic E-state index is -4.44. The van der Waals surface area contributed by atoms with Crippen LogP contribution in [-0.2, 0) is 11.0 Å². The summed E-state index contributed by atoms with van der Waals surface area (Å²) in [4.78, 5) is 27.8. The Balaban J connectivity index is 1.65. The summed E-state index contributed by atoms with van der Waals surface area (Å²) in [6, 6.07) is 18.2.